The summed E-state index contributed by atoms with van der Waals surface area (Å²) in [6, 6.07) is 26.1. The van der Waals surface area contributed by atoms with Crippen molar-refractivity contribution in [2.45, 2.75) is 26.2 Å². The molecule has 0 saturated heterocycles. The molecule has 0 saturated carbocycles. The van der Waals surface area contributed by atoms with Crippen molar-refractivity contribution in [2.24, 2.45) is 10.7 Å². The third kappa shape index (κ3) is 8.19. The Morgan fingerprint density at radius 2 is 1.67 bits per heavy atom. The number of anilines is 1. The number of amidine groups is 1. The van der Waals surface area contributed by atoms with Crippen LogP contribution in [0.15, 0.2) is 83.9 Å². The number of nitrogens with one attached hydrogen (secondary N) is 1. The van der Waals surface area contributed by atoms with Crippen molar-refractivity contribution in [3.63, 3.8) is 0 Å². The number of carbonyl (C=O) groups excluding carboxylic acids is 1. The number of ether oxygens (including phenoxy) is 1. The predicted octanol–water partition coefficient (Wildman–Crippen LogP) is 5.38. The van der Waals surface area contributed by atoms with E-state index < -0.39 is 6.09 Å². The molecule has 0 aliphatic heterocycles. The molecule has 0 unspecified atom stereocenters. The molecule has 0 bridgehead atoms. The third-order valence-corrected chi connectivity index (χ3v) is 4.93. The summed E-state index contributed by atoms with van der Waals surface area (Å²) in [6.07, 6.45) is 2.02. The molecule has 0 aliphatic carbocycles. The van der Waals surface area contributed by atoms with Gasteiger partial charge in [0.05, 0.1) is 13.2 Å². The van der Waals surface area contributed by atoms with Crippen molar-refractivity contribution in [1.82, 2.24) is 0 Å². The first-order valence-corrected chi connectivity index (χ1v) is 11.1. The Bertz CT molecular complexity index is 1110. The van der Waals surface area contributed by atoms with Crippen molar-refractivity contribution < 1.29 is 9.53 Å². The molecule has 5 heteroatoms. The molecule has 0 atom stereocenters. The lowest BCUT2D eigenvalue weighted by Gasteiger charge is -2.05. The molecule has 0 aliphatic rings. The minimum Gasteiger partial charge on any atom is -0.448 e. The van der Waals surface area contributed by atoms with Crippen LogP contribution in [-0.2, 0) is 11.2 Å². The van der Waals surface area contributed by atoms with Crippen LogP contribution in [0.5, 0.6) is 0 Å². The van der Waals surface area contributed by atoms with Crippen molar-refractivity contribution >= 4 is 17.6 Å². The van der Waals surface area contributed by atoms with E-state index >= 15 is 0 Å². The van der Waals surface area contributed by atoms with E-state index in [1.807, 2.05) is 25.1 Å². The molecular formula is C28H29N3O2. The van der Waals surface area contributed by atoms with Gasteiger partial charge in [-0.3, -0.25) is 0 Å². The first-order chi connectivity index (χ1) is 16.1. The van der Waals surface area contributed by atoms with Gasteiger partial charge in [-0.25, -0.2) is 4.79 Å². The van der Waals surface area contributed by atoms with Gasteiger partial charge >= 0.3 is 6.09 Å². The average Bonchev–Trinajstić information content (AvgIpc) is 2.84. The quantitative estimate of drug-likeness (QED) is 0.214. The van der Waals surface area contributed by atoms with Crippen molar-refractivity contribution in [2.75, 3.05) is 18.5 Å². The highest BCUT2D eigenvalue weighted by molar-refractivity contribution is 6.02. The average molecular weight is 440 g/mol. The van der Waals surface area contributed by atoms with E-state index in [2.05, 4.69) is 70.7 Å². The van der Waals surface area contributed by atoms with Crippen LogP contribution >= 0.6 is 0 Å². The number of hydrogen-bond donors (Lipinski definition) is 2. The van der Waals surface area contributed by atoms with Crippen LogP contribution in [0, 0.1) is 11.8 Å². The molecule has 3 aromatic carbocycles. The molecule has 33 heavy (non-hydrogen) atoms. The number of hydrogen-bond acceptors (Lipinski definition) is 3. The number of aliphatic imine (C=N–C) groups is 1. The van der Waals surface area contributed by atoms with Gasteiger partial charge in [0.1, 0.15) is 5.84 Å². The Balaban J connectivity index is 1.47. The van der Waals surface area contributed by atoms with Gasteiger partial charge in [-0.1, -0.05) is 67.6 Å². The Hall–Kier alpha value is -4.04. The number of rotatable bonds is 8. The number of nitrogens with zero attached hydrogens (tertiary/aromatic N) is 1. The zero-order valence-electron chi connectivity index (χ0n) is 18.9. The maximum absolute atomic E-state index is 11.6. The Morgan fingerprint density at radius 1 is 0.970 bits per heavy atom. The van der Waals surface area contributed by atoms with Crippen LogP contribution in [0.3, 0.4) is 0 Å². The van der Waals surface area contributed by atoms with Crippen molar-refractivity contribution in [1.29, 1.82) is 0 Å². The molecular weight excluding hydrogens is 410 g/mol. The molecule has 0 fully saturated rings. The van der Waals surface area contributed by atoms with Gasteiger partial charge in [-0.15, -0.1) is 0 Å². The second-order valence-corrected chi connectivity index (χ2v) is 7.56. The first-order valence-electron chi connectivity index (χ1n) is 11.1. The van der Waals surface area contributed by atoms with Crippen LogP contribution in [-0.4, -0.2) is 25.1 Å². The molecule has 0 heterocycles. The summed E-state index contributed by atoms with van der Waals surface area (Å²) < 4.78 is 5.00. The molecule has 3 N–H and O–H groups in total. The Kier molecular flexibility index (Phi) is 9.11. The molecule has 3 aromatic rings. The van der Waals surface area contributed by atoms with Gasteiger partial charge in [0.25, 0.3) is 0 Å². The molecule has 5 nitrogen and oxygen atoms in total. The maximum Gasteiger partial charge on any atom is 0.435 e. The van der Waals surface area contributed by atoms with Gasteiger partial charge in [0, 0.05) is 16.8 Å². The van der Waals surface area contributed by atoms with E-state index in [0.717, 1.165) is 30.5 Å². The monoisotopic (exact) mass is 439 g/mol. The van der Waals surface area contributed by atoms with E-state index in [1.54, 1.807) is 12.1 Å². The topological polar surface area (TPSA) is 76.7 Å². The number of amides is 1. The van der Waals surface area contributed by atoms with E-state index in [0.29, 0.717) is 18.7 Å². The van der Waals surface area contributed by atoms with E-state index in [4.69, 9.17) is 10.5 Å². The largest absolute Gasteiger partial charge is 0.448 e. The minimum atomic E-state index is -0.661. The summed E-state index contributed by atoms with van der Waals surface area (Å²) in [7, 11) is 0. The summed E-state index contributed by atoms with van der Waals surface area (Å²) in [6.45, 7) is 2.89. The van der Waals surface area contributed by atoms with Crippen LogP contribution in [0.25, 0.3) is 0 Å². The number of unbranched alkanes of at least 4 members (excludes halogenated alkanes) is 1. The highest BCUT2D eigenvalue weighted by Gasteiger charge is 2.04. The molecule has 0 radical (unpaired) electrons. The van der Waals surface area contributed by atoms with Gasteiger partial charge in [0.2, 0.25) is 0 Å². The fourth-order valence-corrected chi connectivity index (χ4v) is 3.09. The van der Waals surface area contributed by atoms with Crippen LogP contribution in [0.2, 0.25) is 0 Å². The fourth-order valence-electron chi connectivity index (χ4n) is 3.09. The van der Waals surface area contributed by atoms with Gasteiger partial charge < -0.3 is 15.8 Å². The molecule has 168 valence electrons. The summed E-state index contributed by atoms with van der Waals surface area (Å²) in [4.78, 5) is 15.4. The standard InChI is InChI=1S/C28H29N3O2/c1-2-3-20-33-28(32)31-27(29)25-15-17-26(18-16-25)30-19-7-10-22-11-13-24(14-12-22)21-23-8-5-4-6-9-23/h4-6,8-9,11-18,30H,2-3,19-21H2,1H3,(H2,29,31,32). The van der Waals surface area contributed by atoms with E-state index in [9.17, 15) is 4.79 Å². The van der Waals surface area contributed by atoms with Gasteiger partial charge in [-0.2, -0.15) is 4.99 Å². The van der Waals surface area contributed by atoms with Crippen molar-refractivity contribution in [3.8, 4) is 11.8 Å². The fraction of sp³-hybridized carbons (Fsp3) is 0.214. The van der Waals surface area contributed by atoms with Crippen LogP contribution in [0.1, 0.15) is 42.0 Å². The van der Waals surface area contributed by atoms with Crippen molar-refractivity contribution in [3.05, 3.63) is 101 Å². The molecule has 1 amide bonds. The zero-order valence-corrected chi connectivity index (χ0v) is 18.9. The van der Waals surface area contributed by atoms with Crippen LogP contribution < -0.4 is 11.1 Å². The number of carbonyl (C=O) groups is 1. The SMILES string of the molecule is CCCCOC(=O)N=C(N)c1ccc(NCC#Cc2ccc(Cc3ccccc3)cc2)cc1. The summed E-state index contributed by atoms with van der Waals surface area (Å²) >= 11 is 0. The first kappa shape index (κ1) is 23.6. The summed E-state index contributed by atoms with van der Waals surface area (Å²) in [5, 5.41) is 3.25. The second-order valence-electron chi connectivity index (χ2n) is 7.56. The minimum absolute atomic E-state index is 0.138. The third-order valence-electron chi connectivity index (χ3n) is 4.93. The maximum atomic E-state index is 11.6. The summed E-state index contributed by atoms with van der Waals surface area (Å²) in [5.74, 6) is 6.45. The number of nitrogens with two attached hydrogens (primary N) is 1. The zero-order chi connectivity index (χ0) is 23.3. The molecule has 0 aromatic heterocycles. The Labute approximate surface area is 195 Å². The molecule has 0 spiro atoms. The van der Waals surface area contributed by atoms with Gasteiger partial charge in [0.15, 0.2) is 0 Å². The summed E-state index contributed by atoms with van der Waals surface area (Å²) in [5.41, 5.74) is 11.0. The lowest BCUT2D eigenvalue weighted by atomic mass is 10.0. The Morgan fingerprint density at radius 3 is 2.36 bits per heavy atom. The second kappa shape index (κ2) is 12.7. The van der Waals surface area contributed by atoms with Crippen LogP contribution in [0.4, 0.5) is 10.5 Å². The molecule has 3 rings (SSSR count). The lowest BCUT2D eigenvalue weighted by molar-refractivity contribution is 0.155. The highest BCUT2D eigenvalue weighted by Crippen LogP contribution is 2.11. The lowest BCUT2D eigenvalue weighted by Crippen LogP contribution is -2.16. The predicted molar refractivity (Wildman–Crippen MR) is 134 cm³/mol. The van der Waals surface area contributed by atoms with E-state index in [1.165, 1.54) is 11.1 Å². The van der Waals surface area contributed by atoms with Gasteiger partial charge in [-0.05, 0) is 60.4 Å². The van der Waals surface area contributed by atoms with E-state index in [-0.39, 0.29) is 5.84 Å². The normalized spacial score (nSPS) is 10.8. The number of benzene rings is 3. The smallest absolute Gasteiger partial charge is 0.435 e. The highest BCUT2D eigenvalue weighted by atomic mass is 16.5.